The predicted molar refractivity (Wildman–Crippen MR) is 77.5 cm³/mol. The highest BCUT2D eigenvalue weighted by molar-refractivity contribution is 5.94. The van der Waals surface area contributed by atoms with Gasteiger partial charge in [0, 0.05) is 30.4 Å². The van der Waals surface area contributed by atoms with Crippen molar-refractivity contribution < 1.29 is 9.53 Å². The van der Waals surface area contributed by atoms with Gasteiger partial charge in [-0.05, 0) is 37.1 Å². The number of likely N-dealkylation sites (tertiary alicyclic amines) is 1. The molecular formula is C15H17N3O2. The molecule has 1 aliphatic rings. The van der Waals surface area contributed by atoms with Crippen molar-refractivity contribution in [2.75, 3.05) is 25.4 Å². The van der Waals surface area contributed by atoms with E-state index in [0.717, 1.165) is 31.3 Å². The Morgan fingerprint density at radius 2 is 2.10 bits per heavy atom. The average molecular weight is 271 g/mol. The molecule has 1 aromatic carbocycles. The van der Waals surface area contributed by atoms with Gasteiger partial charge >= 0.3 is 0 Å². The SMILES string of the molecule is Nc1ccc(OCC(=O)N2CCCC2)c2ncccc12. The summed E-state index contributed by atoms with van der Waals surface area (Å²) in [5.41, 5.74) is 7.26. The molecule has 0 radical (unpaired) electrons. The molecule has 0 atom stereocenters. The van der Waals surface area contributed by atoms with Gasteiger partial charge < -0.3 is 15.4 Å². The first-order chi connectivity index (χ1) is 9.75. The van der Waals surface area contributed by atoms with Crippen LogP contribution in [0, 0.1) is 0 Å². The molecule has 0 saturated carbocycles. The van der Waals surface area contributed by atoms with Gasteiger partial charge in [0.1, 0.15) is 11.3 Å². The zero-order valence-electron chi connectivity index (χ0n) is 11.2. The molecule has 20 heavy (non-hydrogen) atoms. The van der Waals surface area contributed by atoms with E-state index in [0.29, 0.717) is 17.0 Å². The van der Waals surface area contributed by atoms with Crippen molar-refractivity contribution in [3.8, 4) is 5.75 Å². The van der Waals surface area contributed by atoms with Crippen LogP contribution in [0.3, 0.4) is 0 Å². The zero-order valence-corrected chi connectivity index (χ0v) is 11.2. The Kier molecular flexibility index (Phi) is 3.41. The minimum Gasteiger partial charge on any atom is -0.481 e. The summed E-state index contributed by atoms with van der Waals surface area (Å²) in [6.07, 6.45) is 3.85. The number of carbonyl (C=O) groups excluding carboxylic acids is 1. The molecule has 0 unspecified atom stereocenters. The second-order valence-electron chi connectivity index (χ2n) is 4.93. The summed E-state index contributed by atoms with van der Waals surface area (Å²) in [7, 11) is 0. The Bertz CT molecular complexity index is 636. The molecule has 1 fully saturated rings. The van der Waals surface area contributed by atoms with E-state index >= 15 is 0 Å². The summed E-state index contributed by atoms with van der Waals surface area (Å²) in [6.45, 7) is 1.72. The number of carbonyl (C=O) groups is 1. The third-order valence-corrected chi connectivity index (χ3v) is 3.58. The topological polar surface area (TPSA) is 68.5 Å². The molecule has 104 valence electrons. The third kappa shape index (κ3) is 2.39. The number of rotatable bonds is 3. The highest BCUT2D eigenvalue weighted by Crippen LogP contribution is 2.28. The normalized spacial score (nSPS) is 14.7. The molecule has 0 spiro atoms. The van der Waals surface area contributed by atoms with Crippen molar-refractivity contribution in [2.45, 2.75) is 12.8 Å². The number of hydrogen-bond donors (Lipinski definition) is 1. The molecule has 2 N–H and O–H groups in total. The molecule has 1 aliphatic heterocycles. The van der Waals surface area contributed by atoms with Gasteiger partial charge in [-0.1, -0.05) is 0 Å². The Morgan fingerprint density at radius 3 is 2.90 bits per heavy atom. The molecule has 1 saturated heterocycles. The van der Waals surface area contributed by atoms with Crippen LogP contribution < -0.4 is 10.5 Å². The van der Waals surface area contributed by atoms with Gasteiger partial charge in [0.15, 0.2) is 6.61 Å². The second kappa shape index (κ2) is 5.36. The molecule has 0 aliphatic carbocycles. The van der Waals surface area contributed by atoms with Crippen LogP contribution in [0.4, 0.5) is 5.69 Å². The summed E-state index contributed by atoms with van der Waals surface area (Å²) in [4.78, 5) is 18.1. The lowest BCUT2D eigenvalue weighted by Gasteiger charge is -2.16. The van der Waals surface area contributed by atoms with Crippen LogP contribution in [0.15, 0.2) is 30.5 Å². The maximum Gasteiger partial charge on any atom is 0.260 e. The molecule has 2 heterocycles. The molecule has 1 aromatic heterocycles. The second-order valence-corrected chi connectivity index (χ2v) is 4.93. The van der Waals surface area contributed by atoms with Crippen LogP contribution in [0.25, 0.3) is 10.9 Å². The first-order valence-corrected chi connectivity index (χ1v) is 6.79. The van der Waals surface area contributed by atoms with E-state index in [4.69, 9.17) is 10.5 Å². The molecule has 3 rings (SSSR count). The summed E-state index contributed by atoms with van der Waals surface area (Å²) < 4.78 is 5.64. The van der Waals surface area contributed by atoms with E-state index in [1.54, 1.807) is 18.3 Å². The first kappa shape index (κ1) is 12.7. The fourth-order valence-electron chi connectivity index (χ4n) is 2.48. The lowest BCUT2D eigenvalue weighted by molar-refractivity contribution is -0.132. The van der Waals surface area contributed by atoms with Crippen molar-refractivity contribution in [2.24, 2.45) is 0 Å². The highest BCUT2D eigenvalue weighted by atomic mass is 16.5. The van der Waals surface area contributed by atoms with Crippen LogP contribution in [0.1, 0.15) is 12.8 Å². The van der Waals surface area contributed by atoms with E-state index in [1.165, 1.54) is 0 Å². The largest absolute Gasteiger partial charge is 0.481 e. The number of nitrogen functional groups attached to an aromatic ring is 1. The molecule has 5 nitrogen and oxygen atoms in total. The molecule has 0 bridgehead atoms. The highest BCUT2D eigenvalue weighted by Gasteiger charge is 2.18. The number of amides is 1. The minimum atomic E-state index is 0.0309. The van der Waals surface area contributed by atoms with Crippen LogP contribution in [-0.4, -0.2) is 35.5 Å². The number of pyridine rings is 1. The van der Waals surface area contributed by atoms with Gasteiger partial charge in [-0.3, -0.25) is 9.78 Å². The van der Waals surface area contributed by atoms with Gasteiger partial charge in [0.2, 0.25) is 0 Å². The van der Waals surface area contributed by atoms with Crippen molar-refractivity contribution in [1.82, 2.24) is 9.88 Å². The number of nitrogens with two attached hydrogens (primary N) is 1. The number of nitrogens with zero attached hydrogens (tertiary/aromatic N) is 2. The van der Waals surface area contributed by atoms with E-state index in [1.807, 2.05) is 17.0 Å². The first-order valence-electron chi connectivity index (χ1n) is 6.79. The number of fused-ring (bicyclic) bond motifs is 1. The standard InChI is InChI=1S/C15H17N3O2/c16-12-5-6-13(15-11(12)4-3-7-17-15)20-10-14(19)18-8-1-2-9-18/h3-7H,1-2,8-10,16H2. The molecular weight excluding hydrogens is 254 g/mol. The Morgan fingerprint density at radius 1 is 1.30 bits per heavy atom. The summed E-state index contributed by atoms with van der Waals surface area (Å²) >= 11 is 0. The quantitative estimate of drug-likeness (QED) is 0.865. The van der Waals surface area contributed by atoms with E-state index in [-0.39, 0.29) is 12.5 Å². The van der Waals surface area contributed by atoms with Gasteiger partial charge in [-0.15, -0.1) is 0 Å². The van der Waals surface area contributed by atoms with E-state index < -0.39 is 0 Å². The smallest absolute Gasteiger partial charge is 0.260 e. The van der Waals surface area contributed by atoms with Gasteiger partial charge in [0.25, 0.3) is 5.91 Å². The zero-order chi connectivity index (χ0) is 13.9. The van der Waals surface area contributed by atoms with Gasteiger partial charge in [0.05, 0.1) is 0 Å². The van der Waals surface area contributed by atoms with Crippen LogP contribution in [0.2, 0.25) is 0 Å². The fraction of sp³-hybridized carbons (Fsp3) is 0.333. The summed E-state index contributed by atoms with van der Waals surface area (Å²) in [5.74, 6) is 0.630. The van der Waals surface area contributed by atoms with Crippen molar-refractivity contribution >= 4 is 22.5 Å². The lowest BCUT2D eigenvalue weighted by Crippen LogP contribution is -2.32. The maximum atomic E-state index is 12.0. The van der Waals surface area contributed by atoms with E-state index in [2.05, 4.69) is 4.98 Å². The summed E-state index contributed by atoms with van der Waals surface area (Å²) in [6, 6.07) is 7.27. The Hall–Kier alpha value is -2.30. The third-order valence-electron chi connectivity index (χ3n) is 3.58. The number of hydrogen-bond acceptors (Lipinski definition) is 4. The number of aromatic nitrogens is 1. The lowest BCUT2D eigenvalue weighted by atomic mass is 10.2. The van der Waals surface area contributed by atoms with Crippen LogP contribution in [0.5, 0.6) is 5.75 Å². The Balaban J connectivity index is 1.77. The minimum absolute atomic E-state index is 0.0309. The number of anilines is 1. The fourth-order valence-corrected chi connectivity index (χ4v) is 2.48. The molecule has 5 heteroatoms. The van der Waals surface area contributed by atoms with Gasteiger partial charge in [-0.25, -0.2) is 0 Å². The van der Waals surface area contributed by atoms with Gasteiger partial charge in [-0.2, -0.15) is 0 Å². The number of ether oxygens (including phenoxy) is 1. The van der Waals surface area contributed by atoms with Crippen LogP contribution in [-0.2, 0) is 4.79 Å². The molecule has 1 amide bonds. The summed E-state index contributed by atoms with van der Waals surface area (Å²) in [5, 5.41) is 0.846. The number of benzene rings is 1. The molecule has 2 aromatic rings. The maximum absolute atomic E-state index is 12.0. The monoisotopic (exact) mass is 271 g/mol. The Labute approximate surface area is 117 Å². The van der Waals surface area contributed by atoms with Crippen molar-refractivity contribution in [1.29, 1.82) is 0 Å². The average Bonchev–Trinajstić information content (AvgIpc) is 3.01. The van der Waals surface area contributed by atoms with E-state index in [9.17, 15) is 4.79 Å². The van der Waals surface area contributed by atoms with Crippen molar-refractivity contribution in [3.05, 3.63) is 30.5 Å². The van der Waals surface area contributed by atoms with Crippen molar-refractivity contribution in [3.63, 3.8) is 0 Å². The predicted octanol–water partition coefficient (Wildman–Crippen LogP) is 1.82. The van der Waals surface area contributed by atoms with Crippen LogP contribution >= 0.6 is 0 Å².